The van der Waals surface area contributed by atoms with Gasteiger partial charge in [0.25, 0.3) is 6.43 Å². The molecule has 0 saturated heterocycles. The third-order valence-electron chi connectivity index (χ3n) is 2.15. The molecule has 0 radical (unpaired) electrons. The van der Waals surface area contributed by atoms with Crippen molar-refractivity contribution in [1.82, 2.24) is 0 Å². The zero-order valence-corrected chi connectivity index (χ0v) is 8.78. The molecule has 0 aliphatic heterocycles. The van der Waals surface area contributed by atoms with Crippen LogP contribution in [0.3, 0.4) is 0 Å². The lowest BCUT2D eigenvalue weighted by molar-refractivity contribution is -0.138. The zero-order valence-electron chi connectivity index (χ0n) is 8.78. The molecule has 0 bridgehead atoms. The first-order valence-electron chi connectivity index (χ1n) is 4.52. The number of hydrogen-bond donors (Lipinski definition) is 2. The molecule has 0 aromatic heterocycles. The van der Waals surface area contributed by atoms with E-state index < -0.39 is 35.6 Å². The molecular formula is C10H10F3NO3. The van der Waals surface area contributed by atoms with Crippen molar-refractivity contribution in [3.8, 4) is 5.75 Å². The zero-order chi connectivity index (χ0) is 13.2. The minimum Gasteiger partial charge on any atom is -0.493 e. The monoisotopic (exact) mass is 249 g/mol. The highest BCUT2D eigenvalue weighted by Gasteiger charge is 2.24. The van der Waals surface area contributed by atoms with Crippen molar-refractivity contribution >= 4 is 5.97 Å². The summed E-state index contributed by atoms with van der Waals surface area (Å²) in [6.07, 6.45) is -2.92. The molecule has 7 heteroatoms. The summed E-state index contributed by atoms with van der Waals surface area (Å²) in [6.45, 7) is 0. The highest BCUT2D eigenvalue weighted by atomic mass is 19.3. The predicted octanol–water partition coefficient (Wildman–Crippen LogP) is 1.86. The predicted molar refractivity (Wildman–Crippen MR) is 52.5 cm³/mol. The Morgan fingerprint density at radius 1 is 1.47 bits per heavy atom. The van der Waals surface area contributed by atoms with Gasteiger partial charge in [-0.2, -0.15) is 0 Å². The Morgan fingerprint density at radius 2 is 2.06 bits per heavy atom. The topological polar surface area (TPSA) is 72.5 Å². The van der Waals surface area contributed by atoms with Crippen LogP contribution in [0.2, 0.25) is 0 Å². The molecule has 0 amide bonds. The molecule has 17 heavy (non-hydrogen) atoms. The first-order chi connectivity index (χ1) is 7.88. The van der Waals surface area contributed by atoms with Crippen LogP contribution in [-0.4, -0.2) is 18.2 Å². The lowest BCUT2D eigenvalue weighted by atomic mass is 10.0. The second kappa shape index (κ2) is 5.05. The largest absolute Gasteiger partial charge is 0.493 e. The molecule has 0 aliphatic rings. The van der Waals surface area contributed by atoms with Crippen molar-refractivity contribution in [2.45, 2.75) is 12.5 Å². The summed E-state index contributed by atoms with van der Waals surface area (Å²) in [5, 5.41) is 8.69. The number of carboxylic acids is 1. The second-order valence-electron chi connectivity index (χ2n) is 3.24. The van der Waals surface area contributed by atoms with Crippen LogP contribution in [0.1, 0.15) is 23.6 Å². The highest BCUT2D eigenvalue weighted by molar-refractivity contribution is 5.76. The van der Waals surface area contributed by atoms with E-state index in [4.69, 9.17) is 10.8 Å². The fraction of sp³-hybridized carbons (Fsp3) is 0.300. The number of benzene rings is 1. The molecule has 1 rings (SSSR count). The lowest BCUT2D eigenvalue weighted by Gasteiger charge is -2.14. The fourth-order valence-corrected chi connectivity index (χ4v) is 1.34. The van der Waals surface area contributed by atoms with Crippen molar-refractivity contribution in [2.75, 3.05) is 7.11 Å². The molecule has 4 nitrogen and oxygen atoms in total. The molecule has 94 valence electrons. The molecule has 1 aromatic carbocycles. The Hall–Kier alpha value is -1.76. The van der Waals surface area contributed by atoms with E-state index in [1.807, 2.05) is 0 Å². The van der Waals surface area contributed by atoms with Gasteiger partial charge in [0.05, 0.1) is 7.11 Å². The minimum absolute atomic E-state index is 0.324. The van der Waals surface area contributed by atoms with E-state index >= 15 is 0 Å². The standard InChI is InChI=1S/C10H10F3NO3/c1-17-8-5(7(14)10(15)16)2-4(9(12)13)3-6(8)11/h2-3,7,9H,14H2,1H3,(H,15,16). The molecule has 0 saturated carbocycles. The van der Waals surface area contributed by atoms with Crippen LogP contribution in [0.4, 0.5) is 13.2 Å². The van der Waals surface area contributed by atoms with Gasteiger partial charge in [0.1, 0.15) is 6.04 Å². The van der Waals surface area contributed by atoms with E-state index in [-0.39, 0.29) is 5.56 Å². The van der Waals surface area contributed by atoms with Crippen LogP contribution in [0.25, 0.3) is 0 Å². The molecule has 1 aromatic rings. The summed E-state index contributed by atoms with van der Waals surface area (Å²) < 4.78 is 42.9. The van der Waals surface area contributed by atoms with Crippen LogP contribution < -0.4 is 10.5 Å². The van der Waals surface area contributed by atoms with E-state index in [0.29, 0.717) is 6.07 Å². The third-order valence-corrected chi connectivity index (χ3v) is 2.15. The average Bonchev–Trinajstić information content (AvgIpc) is 2.26. The fourth-order valence-electron chi connectivity index (χ4n) is 1.34. The van der Waals surface area contributed by atoms with E-state index in [2.05, 4.69) is 4.74 Å². The van der Waals surface area contributed by atoms with Crippen molar-refractivity contribution < 1.29 is 27.8 Å². The van der Waals surface area contributed by atoms with Crippen LogP contribution >= 0.6 is 0 Å². The second-order valence-corrected chi connectivity index (χ2v) is 3.24. The number of rotatable bonds is 4. The van der Waals surface area contributed by atoms with Gasteiger partial charge in [-0.15, -0.1) is 0 Å². The summed E-state index contributed by atoms with van der Waals surface area (Å²) in [5.74, 6) is -2.98. The van der Waals surface area contributed by atoms with Gasteiger partial charge in [-0.1, -0.05) is 0 Å². The number of carbonyl (C=O) groups is 1. The Morgan fingerprint density at radius 3 is 2.47 bits per heavy atom. The highest BCUT2D eigenvalue weighted by Crippen LogP contribution is 2.32. The van der Waals surface area contributed by atoms with Crippen LogP contribution in [0, 0.1) is 5.82 Å². The Bertz CT molecular complexity index is 437. The summed E-state index contributed by atoms with van der Waals surface area (Å²) in [7, 11) is 1.10. The molecule has 0 aliphatic carbocycles. The Labute approximate surface area is 94.8 Å². The number of aliphatic carboxylic acids is 1. The summed E-state index contributed by atoms with van der Waals surface area (Å²) in [5.41, 5.74) is 4.29. The quantitative estimate of drug-likeness (QED) is 0.854. The van der Waals surface area contributed by atoms with Gasteiger partial charge in [-0.25, -0.2) is 13.2 Å². The van der Waals surface area contributed by atoms with Gasteiger partial charge in [0.2, 0.25) is 0 Å². The van der Waals surface area contributed by atoms with E-state index in [1.165, 1.54) is 0 Å². The van der Waals surface area contributed by atoms with Gasteiger partial charge in [0, 0.05) is 11.1 Å². The maximum absolute atomic E-state index is 13.4. The number of alkyl halides is 2. The molecule has 1 unspecified atom stereocenters. The van der Waals surface area contributed by atoms with Crippen molar-refractivity contribution in [3.63, 3.8) is 0 Å². The molecule has 1 atom stereocenters. The summed E-state index contributed by atoms with van der Waals surface area (Å²) in [4.78, 5) is 10.7. The minimum atomic E-state index is -2.92. The van der Waals surface area contributed by atoms with Crippen molar-refractivity contribution in [1.29, 1.82) is 0 Å². The van der Waals surface area contributed by atoms with Gasteiger partial charge < -0.3 is 15.6 Å². The van der Waals surface area contributed by atoms with Gasteiger partial charge in [-0.05, 0) is 12.1 Å². The molecule has 0 fully saturated rings. The molecule has 0 spiro atoms. The van der Waals surface area contributed by atoms with E-state index in [1.54, 1.807) is 0 Å². The molecular weight excluding hydrogens is 239 g/mol. The smallest absolute Gasteiger partial charge is 0.325 e. The van der Waals surface area contributed by atoms with Gasteiger partial charge >= 0.3 is 5.97 Å². The van der Waals surface area contributed by atoms with E-state index in [0.717, 1.165) is 13.2 Å². The normalized spacial score (nSPS) is 12.6. The number of carboxylic acid groups (broad SMARTS) is 1. The number of hydrogen-bond acceptors (Lipinski definition) is 3. The van der Waals surface area contributed by atoms with Crippen molar-refractivity contribution in [2.24, 2.45) is 5.73 Å². The van der Waals surface area contributed by atoms with Crippen LogP contribution in [-0.2, 0) is 4.79 Å². The SMILES string of the molecule is COc1c(F)cc(C(F)F)cc1C(N)C(=O)O. The maximum atomic E-state index is 13.4. The van der Waals surface area contributed by atoms with Crippen molar-refractivity contribution in [3.05, 3.63) is 29.1 Å². The maximum Gasteiger partial charge on any atom is 0.325 e. The lowest BCUT2D eigenvalue weighted by Crippen LogP contribution is -2.22. The van der Waals surface area contributed by atoms with Gasteiger partial charge in [0.15, 0.2) is 11.6 Å². The number of ether oxygens (including phenoxy) is 1. The first-order valence-corrected chi connectivity index (χ1v) is 4.52. The number of nitrogens with two attached hydrogens (primary N) is 1. The van der Waals surface area contributed by atoms with Crippen LogP contribution in [0.5, 0.6) is 5.75 Å². The molecule has 3 N–H and O–H groups in total. The Kier molecular flexibility index (Phi) is 3.95. The summed E-state index contributed by atoms with van der Waals surface area (Å²) in [6, 6.07) is -0.217. The van der Waals surface area contributed by atoms with Gasteiger partial charge in [-0.3, -0.25) is 4.79 Å². The number of halogens is 3. The summed E-state index contributed by atoms with van der Waals surface area (Å²) >= 11 is 0. The first kappa shape index (κ1) is 13.3. The third kappa shape index (κ3) is 2.68. The number of methoxy groups -OCH3 is 1. The molecule has 0 heterocycles. The average molecular weight is 249 g/mol. The van der Waals surface area contributed by atoms with Crippen LogP contribution in [0.15, 0.2) is 12.1 Å². The Balaban J connectivity index is 3.38. The van der Waals surface area contributed by atoms with E-state index in [9.17, 15) is 18.0 Å².